The Morgan fingerprint density at radius 1 is 1.32 bits per heavy atom. The van der Waals surface area contributed by atoms with Crippen LogP contribution in [0.4, 0.5) is 13.2 Å². The van der Waals surface area contributed by atoms with Gasteiger partial charge in [-0.15, -0.1) is 0 Å². The Labute approximate surface area is 163 Å². The van der Waals surface area contributed by atoms with Crippen molar-refractivity contribution in [2.24, 2.45) is 0 Å². The van der Waals surface area contributed by atoms with Gasteiger partial charge in [-0.2, -0.15) is 23.4 Å². The minimum atomic E-state index is -4.67. The van der Waals surface area contributed by atoms with Crippen LogP contribution in [0, 0.1) is 13.8 Å². The van der Waals surface area contributed by atoms with Crippen LogP contribution in [-0.4, -0.2) is 42.2 Å². The van der Waals surface area contributed by atoms with Crippen molar-refractivity contribution in [1.82, 2.24) is 29.3 Å². The summed E-state index contributed by atoms with van der Waals surface area (Å²) in [7, 11) is 1.52. The summed E-state index contributed by atoms with van der Waals surface area (Å²) in [6, 6.07) is 0.858. The van der Waals surface area contributed by atoms with E-state index in [1.807, 2.05) is 13.8 Å². The lowest BCUT2D eigenvalue weighted by Gasteiger charge is -2.15. The number of halogens is 4. The predicted molar refractivity (Wildman–Crippen MR) is 96.2 cm³/mol. The van der Waals surface area contributed by atoms with Gasteiger partial charge in [0.05, 0.1) is 6.20 Å². The summed E-state index contributed by atoms with van der Waals surface area (Å²) < 4.78 is 42.3. The zero-order valence-electron chi connectivity index (χ0n) is 15.7. The van der Waals surface area contributed by atoms with Gasteiger partial charge in [0.25, 0.3) is 5.91 Å². The third-order valence-corrected chi connectivity index (χ3v) is 4.76. The number of nitrogens with zero attached hydrogens (tertiary/aromatic N) is 6. The van der Waals surface area contributed by atoms with E-state index >= 15 is 0 Å². The maximum Gasteiger partial charge on any atom is 0.433 e. The van der Waals surface area contributed by atoms with Gasteiger partial charge in [-0.1, -0.05) is 11.6 Å². The average Bonchev–Trinajstić information content (AvgIpc) is 3.13. The average molecular weight is 415 g/mol. The largest absolute Gasteiger partial charge is 0.433 e. The third kappa shape index (κ3) is 3.44. The van der Waals surface area contributed by atoms with E-state index < -0.39 is 17.8 Å². The number of aromatic nitrogens is 5. The molecule has 0 fully saturated rings. The van der Waals surface area contributed by atoms with Crippen molar-refractivity contribution in [2.45, 2.75) is 40.0 Å². The van der Waals surface area contributed by atoms with E-state index in [0.29, 0.717) is 11.1 Å². The molecule has 7 nitrogen and oxygen atoms in total. The molecule has 150 valence electrons. The molecule has 0 spiro atoms. The molecule has 11 heteroatoms. The first-order valence-electron chi connectivity index (χ1n) is 8.44. The molecule has 0 saturated heterocycles. The molecule has 0 saturated carbocycles. The van der Waals surface area contributed by atoms with E-state index in [-0.39, 0.29) is 28.6 Å². The first kappa shape index (κ1) is 20.1. The zero-order valence-corrected chi connectivity index (χ0v) is 16.4. The number of rotatable bonds is 4. The second-order valence-electron chi connectivity index (χ2n) is 6.41. The van der Waals surface area contributed by atoms with Crippen LogP contribution in [0.25, 0.3) is 5.65 Å². The standard InChI is InChI=1S/C17H18ClF3N6O/c1-5-26-10(3)11(7-22-26)8-25(4)16(28)14-13(18)15-23-9(2)6-12(17(19,20)21)27(15)24-14/h6-7H,5,8H2,1-4H3. The van der Waals surface area contributed by atoms with E-state index in [4.69, 9.17) is 11.6 Å². The summed E-state index contributed by atoms with van der Waals surface area (Å²) >= 11 is 6.17. The van der Waals surface area contributed by atoms with Crippen molar-refractivity contribution in [2.75, 3.05) is 7.05 Å². The van der Waals surface area contributed by atoms with Gasteiger partial charge in [0.1, 0.15) is 10.7 Å². The molecule has 0 aromatic carbocycles. The van der Waals surface area contributed by atoms with Gasteiger partial charge in [-0.25, -0.2) is 9.50 Å². The van der Waals surface area contributed by atoms with Gasteiger partial charge >= 0.3 is 6.18 Å². The topological polar surface area (TPSA) is 68.3 Å². The monoisotopic (exact) mass is 414 g/mol. The molecule has 0 aliphatic heterocycles. The minimum Gasteiger partial charge on any atom is -0.336 e. The van der Waals surface area contributed by atoms with Gasteiger partial charge in [-0.3, -0.25) is 9.48 Å². The van der Waals surface area contributed by atoms with Crippen LogP contribution < -0.4 is 0 Å². The highest BCUT2D eigenvalue weighted by Crippen LogP contribution is 2.32. The highest BCUT2D eigenvalue weighted by Gasteiger charge is 2.36. The summed E-state index contributed by atoms with van der Waals surface area (Å²) in [5.74, 6) is -0.607. The van der Waals surface area contributed by atoms with Crippen LogP contribution in [-0.2, 0) is 19.3 Å². The fourth-order valence-corrected chi connectivity index (χ4v) is 3.16. The summed E-state index contributed by atoms with van der Waals surface area (Å²) in [6.45, 7) is 6.15. The Morgan fingerprint density at radius 2 is 2.00 bits per heavy atom. The molecule has 0 N–H and O–H groups in total. The Morgan fingerprint density at radius 3 is 2.57 bits per heavy atom. The highest BCUT2D eigenvalue weighted by molar-refractivity contribution is 6.36. The van der Waals surface area contributed by atoms with Crippen molar-refractivity contribution in [3.05, 3.63) is 45.6 Å². The molecule has 0 aliphatic rings. The summed E-state index contributed by atoms with van der Waals surface area (Å²) in [5, 5.41) is 7.82. The van der Waals surface area contributed by atoms with E-state index in [1.165, 1.54) is 18.9 Å². The van der Waals surface area contributed by atoms with E-state index in [0.717, 1.165) is 17.3 Å². The van der Waals surface area contributed by atoms with Gasteiger partial charge in [0, 0.05) is 37.1 Å². The molecular formula is C17H18ClF3N6O. The van der Waals surface area contributed by atoms with E-state index in [9.17, 15) is 18.0 Å². The van der Waals surface area contributed by atoms with Crippen LogP contribution in [0.3, 0.4) is 0 Å². The van der Waals surface area contributed by atoms with Crippen LogP contribution in [0.2, 0.25) is 5.02 Å². The maximum atomic E-state index is 13.3. The van der Waals surface area contributed by atoms with E-state index in [2.05, 4.69) is 15.2 Å². The number of fused-ring (bicyclic) bond motifs is 1. The van der Waals surface area contributed by atoms with Crippen molar-refractivity contribution >= 4 is 23.2 Å². The lowest BCUT2D eigenvalue weighted by molar-refractivity contribution is -0.142. The Hall–Kier alpha value is -2.62. The van der Waals surface area contributed by atoms with Gasteiger partial charge in [-0.05, 0) is 26.8 Å². The van der Waals surface area contributed by atoms with Crippen LogP contribution in [0.15, 0.2) is 12.3 Å². The first-order valence-corrected chi connectivity index (χ1v) is 8.82. The number of hydrogen-bond acceptors (Lipinski definition) is 4. The van der Waals surface area contributed by atoms with Crippen molar-refractivity contribution in [1.29, 1.82) is 0 Å². The molecule has 3 heterocycles. The number of alkyl halides is 3. The molecule has 0 unspecified atom stereocenters. The Kier molecular flexibility index (Phi) is 5.09. The molecule has 0 aliphatic carbocycles. The smallest absolute Gasteiger partial charge is 0.336 e. The summed E-state index contributed by atoms with van der Waals surface area (Å²) in [4.78, 5) is 18.1. The Balaban J connectivity index is 1.99. The summed E-state index contributed by atoms with van der Waals surface area (Å²) in [5.41, 5.74) is 0.312. The fraction of sp³-hybridized carbons (Fsp3) is 0.412. The van der Waals surface area contributed by atoms with E-state index in [1.54, 1.807) is 10.9 Å². The second-order valence-corrected chi connectivity index (χ2v) is 6.79. The van der Waals surface area contributed by atoms with Crippen LogP contribution in [0.5, 0.6) is 0 Å². The third-order valence-electron chi connectivity index (χ3n) is 4.41. The van der Waals surface area contributed by atoms with Crippen LogP contribution >= 0.6 is 11.6 Å². The number of amides is 1. The van der Waals surface area contributed by atoms with Gasteiger partial charge < -0.3 is 4.90 Å². The summed E-state index contributed by atoms with van der Waals surface area (Å²) in [6.07, 6.45) is -3.01. The molecule has 3 aromatic heterocycles. The van der Waals surface area contributed by atoms with Crippen molar-refractivity contribution in [3.8, 4) is 0 Å². The van der Waals surface area contributed by atoms with Gasteiger partial charge in [0.15, 0.2) is 11.3 Å². The van der Waals surface area contributed by atoms with Crippen molar-refractivity contribution in [3.63, 3.8) is 0 Å². The Bertz CT molecular complexity index is 1060. The molecule has 1 amide bonds. The normalized spacial score (nSPS) is 12.0. The molecular weight excluding hydrogens is 397 g/mol. The maximum absolute atomic E-state index is 13.3. The molecule has 28 heavy (non-hydrogen) atoms. The molecule has 3 aromatic rings. The molecule has 0 bridgehead atoms. The van der Waals surface area contributed by atoms with Crippen molar-refractivity contribution < 1.29 is 18.0 Å². The second kappa shape index (κ2) is 7.08. The lowest BCUT2D eigenvalue weighted by atomic mass is 10.2. The van der Waals surface area contributed by atoms with Crippen LogP contribution in [0.1, 0.15) is 40.1 Å². The SMILES string of the molecule is CCn1ncc(CN(C)C(=O)c2nn3c(C(F)(F)F)cc(C)nc3c2Cl)c1C. The number of hydrogen-bond donors (Lipinski definition) is 0. The van der Waals surface area contributed by atoms with Gasteiger partial charge in [0.2, 0.25) is 0 Å². The minimum absolute atomic E-state index is 0.122. The molecule has 0 atom stereocenters. The quantitative estimate of drug-likeness (QED) is 0.655. The number of carbonyl (C=O) groups excluding carboxylic acids is 1. The molecule has 3 rings (SSSR count). The zero-order chi connectivity index (χ0) is 20.8. The number of carbonyl (C=O) groups is 1. The highest BCUT2D eigenvalue weighted by atomic mass is 35.5. The first-order chi connectivity index (χ1) is 13.0. The predicted octanol–water partition coefficient (Wildman–Crippen LogP) is 3.51. The number of aryl methyl sites for hydroxylation is 2. The fourth-order valence-electron chi connectivity index (χ4n) is 2.92. The lowest BCUT2D eigenvalue weighted by Crippen LogP contribution is -2.27. The molecule has 0 radical (unpaired) electrons.